The Balaban J connectivity index is 1.24. The molecule has 5 aliphatic rings. The number of benzene rings is 2. The maximum Gasteiger partial charge on any atom is 0.340 e. The zero-order valence-electron chi connectivity index (χ0n) is 19.1. The number of carbonyl (C=O) groups is 4. The molecule has 6 nitrogen and oxygen atoms in total. The molecule has 2 aromatic rings. The van der Waals surface area contributed by atoms with Gasteiger partial charge in [0.25, 0.3) is 0 Å². The number of anilines is 1. The number of Topliss-reactive ketones (excluding diaryl/α,β-unsaturated/α-hetero) is 1. The molecule has 4 aliphatic carbocycles. The lowest BCUT2D eigenvalue weighted by Gasteiger charge is -2.37. The summed E-state index contributed by atoms with van der Waals surface area (Å²) < 4.78 is 5.36. The minimum Gasteiger partial charge on any atom is -0.454 e. The summed E-state index contributed by atoms with van der Waals surface area (Å²) in [6, 6.07) is 12.0. The number of para-hydroxylation sites is 1. The number of carbonyl (C=O) groups excluding carboxylic acids is 4. The van der Waals surface area contributed by atoms with E-state index in [1.165, 1.54) is 11.0 Å². The number of imide groups is 1. The Hall–Kier alpha value is -3.54. The summed E-state index contributed by atoms with van der Waals surface area (Å²) in [7, 11) is 0. The highest BCUT2D eigenvalue weighted by Gasteiger charge is 2.67. The number of hydrogen-bond acceptors (Lipinski definition) is 5. The summed E-state index contributed by atoms with van der Waals surface area (Å²) >= 11 is 0. The van der Waals surface area contributed by atoms with Crippen LogP contribution in [0.1, 0.15) is 38.3 Å². The Morgan fingerprint density at radius 3 is 2.24 bits per heavy atom. The number of allylic oxidation sites excluding steroid dienone is 2. The first-order chi connectivity index (χ1) is 16.4. The maximum atomic E-state index is 13.5. The molecule has 2 saturated carbocycles. The van der Waals surface area contributed by atoms with E-state index in [2.05, 4.69) is 12.2 Å². The van der Waals surface area contributed by atoms with Crippen LogP contribution in [0.4, 0.5) is 5.69 Å². The zero-order chi connectivity index (χ0) is 23.7. The molecule has 2 bridgehead atoms. The van der Waals surface area contributed by atoms with Gasteiger partial charge in [0, 0.05) is 5.56 Å². The standard InChI is InChI=1S/C28H25NO5/c1-14-7-8-15(2)19(11-14)23(30)13-34-28(33)18-5-3-4-6-22(18)29-26(31)24-16-9-10-17(21-12-20(16)21)25(24)27(29)32/h3-11,16-17,20-21,24-25H,12-13H2,1-2H3/t16-,17-,20-,21-,24-,25+/m1/s1. The SMILES string of the molecule is Cc1ccc(C)c(C(=O)COC(=O)c2ccccc2N2C(=O)[C@@H]3[C@@H]4C=C[C@H]([C@H]5C[C@H]45)[C@@H]3C2=O)c1. The fourth-order valence-corrected chi connectivity index (χ4v) is 6.36. The zero-order valence-corrected chi connectivity index (χ0v) is 19.1. The lowest BCUT2D eigenvalue weighted by Crippen LogP contribution is -2.40. The van der Waals surface area contributed by atoms with Gasteiger partial charge in [0.15, 0.2) is 6.61 Å². The second-order valence-electron chi connectivity index (χ2n) is 10.0. The minimum atomic E-state index is -0.728. The van der Waals surface area contributed by atoms with Crippen molar-refractivity contribution in [3.8, 4) is 0 Å². The molecule has 6 atom stereocenters. The van der Waals surface area contributed by atoms with Crippen LogP contribution in [0.15, 0.2) is 54.6 Å². The predicted octanol–water partition coefficient (Wildman–Crippen LogP) is 3.90. The van der Waals surface area contributed by atoms with Gasteiger partial charge in [-0.15, -0.1) is 0 Å². The van der Waals surface area contributed by atoms with E-state index in [1.54, 1.807) is 24.3 Å². The van der Waals surface area contributed by atoms with Crippen LogP contribution in [0.3, 0.4) is 0 Å². The van der Waals surface area contributed by atoms with E-state index in [1.807, 2.05) is 26.0 Å². The van der Waals surface area contributed by atoms with Crippen LogP contribution in [0.25, 0.3) is 0 Å². The topological polar surface area (TPSA) is 80.8 Å². The monoisotopic (exact) mass is 455 g/mol. The van der Waals surface area contributed by atoms with E-state index in [4.69, 9.17) is 4.74 Å². The number of aryl methyl sites for hydroxylation is 2. The summed E-state index contributed by atoms with van der Waals surface area (Å²) in [4.78, 5) is 53.8. The molecule has 0 spiro atoms. The van der Waals surface area contributed by atoms with Gasteiger partial charge in [-0.2, -0.15) is 0 Å². The van der Waals surface area contributed by atoms with Crippen molar-refractivity contribution in [2.24, 2.45) is 35.5 Å². The van der Waals surface area contributed by atoms with Gasteiger partial charge in [0.05, 0.1) is 23.1 Å². The number of ether oxygens (including phenoxy) is 1. The maximum absolute atomic E-state index is 13.5. The highest BCUT2D eigenvalue weighted by Crippen LogP contribution is 2.65. The highest BCUT2D eigenvalue weighted by atomic mass is 16.5. The average molecular weight is 456 g/mol. The molecule has 2 aromatic carbocycles. The smallest absolute Gasteiger partial charge is 0.340 e. The normalized spacial score (nSPS) is 30.2. The van der Waals surface area contributed by atoms with Crippen molar-refractivity contribution in [1.29, 1.82) is 0 Å². The number of esters is 1. The molecular weight excluding hydrogens is 430 g/mol. The molecule has 0 unspecified atom stereocenters. The molecule has 172 valence electrons. The van der Waals surface area contributed by atoms with E-state index < -0.39 is 12.6 Å². The summed E-state index contributed by atoms with van der Waals surface area (Å²) in [5.74, 6) is -0.956. The molecule has 6 heteroatoms. The quantitative estimate of drug-likeness (QED) is 0.296. The van der Waals surface area contributed by atoms with Gasteiger partial charge in [-0.1, -0.05) is 42.0 Å². The van der Waals surface area contributed by atoms with Crippen molar-refractivity contribution >= 4 is 29.3 Å². The van der Waals surface area contributed by atoms with Crippen LogP contribution in [0.5, 0.6) is 0 Å². The summed E-state index contributed by atoms with van der Waals surface area (Å²) in [6.07, 6.45) is 5.33. The number of amides is 2. The van der Waals surface area contributed by atoms with E-state index in [0.717, 1.165) is 17.5 Å². The molecule has 2 amide bonds. The van der Waals surface area contributed by atoms with Crippen molar-refractivity contribution in [2.45, 2.75) is 20.3 Å². The van der Waals surface area contributed by atoms with Gasteiger partial charge in [0.2, 0.25) is 17.6 Å². The minimum absolute atomic E-state index is 0.107. The van der Waals surface area contributed by atoms with Crippen molar-refractivity contribution in [3.63, 3.8) is 0 Å². The molecular formula is C28H25NO5. The lowest BCUT2D eigenvalue weighted by atomic mass is 9.63. The van der Waals surface area contributed by atoms with Crippen LogP contribution < -0.4 is 4.90 Å². The Labute approximate surface area is 197 Å². The van der Waals surface area contributed by atoms with Crippen LogP contribution >= 0.6 is 0 Å². The molecule has 1 saturated heterocycles. The van der Waals surface area contributed by atoms with Gasteiger partial charge in [-0.05, 0) is 67.7 Å². The van der Waals surface area contributed by atoms with Gasteiger partial charge in [0.1, 0.15) is 0 Å². The molecule has 7 rings (SSSR count). The third kappa shape index (κ3) is 3.01. The Morgan fingerprint density at radius 1 is 0.912 bits per heavy atom. The van der Waals surface area contributed by atoms with E-state index in [9.17, 15) is 19.2 Å². The van der Waals surface area contributed by atoms with Crippen molar-refractivity contribution in [3.05, 3.63) is 76.9 Å². The molecule has 1 heterocycles. The fraction of sp³-hybridized carbons (Fsp3) is 0.357. The first-order valence-electron chi connectivity index (χ1n) is 11.8. The number of hydrogen-bond donors (Lipinski definition) is 0. The fourth-order valence-electron chi connectivity index (χ4n) is 6.36. The molecule has 34 heavy (non-hydrogen) atoms. The summed E-state index contributed by atoms with van der Waals surface area (Å²) in [6.45, 7) is 3.31. The second-order valence-corrected chi connectivity index (χ2v) is 10.0. The summed E-state index contributed by atoms with van der Waals surface area (Å²) in [5, 5.41) is 0. The molecule has 3 fully saturated rings. The number of ketones is 1. The average Bonchev–Trinajstić information content (AvgIpc) is 3.62. The number of rotatable bonds is 5. The van der Waals surface area contributed by atoms with Crippen LogP contribution in [-0.2, 0) is 14.3 Å². The molecule has 0 aromatic heterocycles. The Bertz CT molecular complexity index is 1260. The molecule has 0 radical (unpaired) electrons. The molecule has 0 N–H and O–H groups in total. The first-order valence-corrected chi connectivity index (χ1v) is 11.8. The summed E-state index contributed by atoms with van der Waals surface area (Å²) in [5.41, 5.74) is 2.62. The second kappa shape index (κ2) is 7.49. The number of nitrogens with zero attached hydrogens (tertiary/aromatic N) is 1. The van der Waals surface area contributed by atoms with Crippen LogP contribution in [0.2, 0.25) is 0 Å². The van der Waals surface area contributed by atoms with E-state index >= 15 is 0 Å². The third-order valence-corrected chi connectivity index (χ3v) is 8.06. The van der Waals surface area contributed by atoms with Crippen molar-refractivity contribution in [1.82, 2.24) is 0 Å². The largest absolute Gasteiger partial charge is 0.454 e. The van der Waals surface area contributed by atoms with Crippen molar-refractivity contribution < 1.29 is 23.9 Å². The van der Waals surface area contributed by atoms with Gasteiger partial charge in [-0.25, -0.2) is 9.69 Å². The van der Waals surface area contributed by atoms with E-state index in [-0.39, 0.29) is 52.5 Å². The highest BCUT2D eigenvalue weighted by molar-refractivity contribution is 6.24. The van der Waals surface area contributed by atoms with Crippen molar-refractivity contribution in [2.75, 3.05) is 11.5 Å². The first kappa shape index (κ1) is 21.0. The Kier molecular flexibility index (Phi) is 4.63. The van der Waals surface area contributed by atoms with Crippen LogP contribution in [-0.4, -0.2) is 30.2 Å². The van der Waals surface area contributed by atoms with Crippen LogP contribution in [0, 0.1) is 49.4 Å². The Morgan fingerprint density at radius 2 is 1.56 bits per heavy atom. The van der Waals surface area contributed by atoms with Gasteiger partial charge >= 0.3 is 5.97 Å². The van der Waals surface area contributed by atoms with Gasteiger partial charge in [-0.3, -0.25) is 14.4 Å². The third-order valence-electron chi connectivity index (χ3n) is 8.06. The van der Waals surface area contributed by atoms with E-state index in [0.29, 0.717) is 17.4 Å². The molecule has 1 aliphatic heterocycles. The predicted molar refractivity (Wildman–Crippen MR) is 124 cm³/mol. The lowest BCUT2D eigenvalue weighted by molar-refractivity contribution is -0.124. The van der Waals surface area contributed by atoms with Gasteiger partial charge < -0.3 is 4.74 Å².